The van der Waals surface area contributed by atoms with Crippen LogP contribution >= 0.6 is 12.4 Å². The van der Waals surface area contributed by atoms with Gasteiger partial charge in [0.15, 0.2) is 0 Å². The van der Waals surface area contributed by atoms with E-state index in [0.717, 1.165) is 19.6 Å². The molecule has 1 N–H and O–H groups in total. The first kappa shape index (κ1) is 12.5. The second-order valence-corrected chi connectivity index (χ2v) is 3.67. The van der Waals surface area contributed by atoms with E-state index in [-0.39, 0.29) is 18.5 Å². The fraction of sp³-hybridized carbons (Fsp3) is 0.500. The average molecular weight is 228 g/mol. The van der Waals surface area contributed by atoms with Crippen molar-refractivity contribution in [2.75, 3.05) is 13.2 Å². The maximum Gasteiger partial charge on any atom is 0.0978 e. The van der Waals surface area contributed by atoms with Crippen LogP contribution in [-0.4, -0.2) is 19.2 Å². The highest BCUT2D eigenvalue weighted by Crippen LogP contribution is 2.24. The largest absolute Gasteiger partial charge is 0.371 e. The zero-order chi connectivity index (χ0) is 9.80. The quantitative estimate of drug-likeness (QED) is 0.839. The van der Waals surface area contributed by atoms with Gasteiger partial charge in [-0.3, -0.25) is 0 Å². The third-order valence-electron chi connectivity index (χ3n) is 2.74. The summed E-state index contributed by atoms with van der Waals surface area (Å²) in [6, 6.07) is 10.9. The molecule has 0 radical (unpaired) electrons. The number of nitrogens with one attached hydrogen (secondary N) is 1. The van der Waals surface area contributed by atoms with E-state index < -0.39 is 0 Å². The summed E-state index contributed by atoms with van der Waals surface area (Å²) in [7, 11) is 0. The minimum atomic E-state index is 0. The van der Waals surface area contributed by atoms with Crippen molar-refractivity contribution < 1.29 is 4.74 Å². The van der Waals surface area contributed by atoms with Crippen LogP contribution in [-0.2, 0) is 4.74 Å². The van der Waals surface area contributed by atoms with Gasteiger partial charge in [0.05, 0.1) is 12.7 Å². The topological polar surface area (TPSA) is 21.3 Å². The van der Waals surface area contributed by atoms with E-state index >= 15 is 0 Å². The number of hydrogen-bond acceptors (Lipinski definition) is 2. The molecule has 1 saturated heterocycles. The second-order valence-electron chi connectivity index (χ2n) is 3.67. The molecular formula is C12H18ClNO. The molecule has 0 aromatic heterocycles. The minimum absolute atomic E-state index is 0. The number of morpholine rings is 1. The normalized spacial score (nSPS) is 25.7. The summed E-state index contributed by atoms with van der Waals surface area (Å²) in [5, 5.41) is 3.49. The molecule has 2 unspecified atom stereocenters. The molecule has 2 atom stereocenters. The van der Waals surface area contributed by atoms with E-state index in [1.54, 1.807) is 0 Å². The van der Waals surface area contributed by atoms with E-state index in [9.17, 15) is 0 Å². The van der Waals surface area contributed by atoms with Gasteiger partial charge in [0.2, 0.25) is 0 Å². The first-order valence-corrected chi connectivity index (χ1v) is 5.31. The third kappa shape index (κ3) is 2.94. The monoisotopic (exact) mass is 227 g/mol. The van der Waals surface area contributed by atoms with Crippen molar-refractivity contribution in [3.05, 3.63) is 35.9 Å². The van der Waals surface area contributed by atoms with Gasteiger partial charge >= 0.3 is 0 Å². The van der Waals surface area contributed by atoms with Gasteiger partial charge in [-0.15, -0.1) is 12.4 Å². The highest BCUT2D eigenvalue weighted by atomic mass is 35.5. The lowest BCUT2D eigenvalue weighted by molar-refractivity contribution is -0.00641. The van der Waals surface area contributed by atoms with Crippen molar-refractivity contribution in [2.24, 2.45) is 0 Å². The Labute approximate surface area is 97.4 Å². The van der Waals surface area contributed by atoms with Crippen LogP contribution in [0.1, 0.15) is 25.0 Å². The Hall–Kier alpha value is -0.570. The van der Waals surface area contributed by atoms with Crippen LogP contribution in [0.4, 0.5) is 0 Å². The molecule has 3 heteroatoms. The standard InChI is InChI=1S/C12H17NO.ClH/c1-2-11-12(14-9-8-13-11)10-6-4-3-5-7-10;/h3-7,11-13H,2,8-9H2,1H3;1H. The van der Waals surface area contributed by atoms with Crippen molar-refractivity contribution in [3.63, 3.8) is 0 Å². The van der Waals surface area contributed by atoms with Crippen LogP contribution in [0, 0.1) is 0 Å². The lowest BCUT2D eigenvalue weighted by Crippen LogP contribution is -2.43. The SMILES string of the molecule is CCC1NCCOC1c1ccccc1.Cl. The van der Waals surface area contributed by atoms with Gasteiger partial charge < -0.3 is 10.1 Å². The van der Waals surface area contributed by atoms with E-state index in [1.165, 1.54) is 5.56 Å². The van der Waals surface area contributed by atoms with E-state index in [1.807, 2.05) is 6.07 Å². The van der Waals surface area contributed by atoms with Crippen LogP contribution in [0.15, 0.2) is 30.3 Å². The molecule has 1 aromatic rings. The van der Waals surface area contributed by atoms with Crippen LogP contribution in [0.2, 0.25) is 0 Å². The van der Waals surface area contributed by atoms with E-state index in [2.05, 4.69) is 36.5 Å². The molecule has 84 valence electrons. The molecule has 1 fully saturated rings. The molecule has 1 heterocycles. The first-order valence-electron chi connectivity index (χ1n) is 5.31. The lowest BCUT2D eigenvalue weighted by Gasteiger charge is -2.32. The second kappa shape index (κ2) is 6.11. The predicted molar refractivity (Wildman–Crippen MR) is 64.5 cm³/mol. The molecule has 0 spiro atoms. The van der Waals surface area contributed by atoms with E-state index in [4.69, 9.17) is 4.74 Å². The van der Waals surface area contributed by atoms with Crippen molar-refractivity contribution in [1.29, 1.82) is 0 Å². The van der Waals surface area contributed by atoms with Gasteiger partial charge in [-0.2, -0.15) is 0 Å². The molecule has 1 aliphatic rings. The Kier molecular flexibility index (Phi) is 5.09. The molecule has 1 aromatic carbocycles. The highest BCUT2D eigenvalue weighted by Gasteiger charge is 2.24. The summed E-state index contributed by atoms with van der Waals surface area (Å²) in [6.45, 7) is 3.99. The van der Waals surface area contributed by atoms with Gasteiger partial charge in [-0.25, -0.2) is 0 Å². The Morgan fingerprint density at radius 3 is 2.73 bits per heavy atom. The molecular weight excluding hydrogens is 210 g/mol. The summed E-state index contributed by atoms with van der Waals surface area (Å²) in [5.41, 5.74) is 1.28. The maximum absolute atomic E-state index is 5.80. The summed E-state index contributed by atoms with van der Waals surface area (Å²) in [5.74, 6) is 0. The van der Waals surface area contributed by atoms with Gasteiger partial charge in [-0.05, 0) is 12.0 Å². The van der Waals surface area contributed by atoms with Gasteiger partial charge in [0.1, 0.15) is 0 Å². The lowest BCUT2D eigenvalue weighted by atomic mass is 9.99. The molecule has 2 rings (SSSR count). The Balaban J connectivity index is 0.00000112. The van der Waals surface area contributed by atoms with Crippen molar-refractivity contribution in [2.45, 2.75) is 25.5 Å². The van der Waals surface area contributed by atoms with Crippen molar-refractivity contribution in [3.8, 4) is 0 Å². The summed E-state index contributed by atoms with van der Waals surface area (Å²) < 4.78 is 5.80. The van der Waals surface area contributed by atoms with Crippen molar-refractivity contribution >= 4 is 12.4 Å². The minimum Gasteiger partial charge on any atom is -0.371 e. The molecule has 0 aliphatic carbocycles. The molecule has 15 heavy (non-hydrogen) atoms. The maximum atomic E-state index is 5.80. The first-order chi connectivity index (χ1) is 6.92. The zero-order valence-electron chi connectivity index (χ0n) is 8.98. The highest BCUT2D eigenvalue weighted by molar-refractivity contribution is 5.85. The fourth-order valence-corrected chi connectivity index (χ4v) is 1.98. The van der Waals surface area contributed by atoms with Crippen LogP contribution in [0.3, 0.4) is 0 Å². The van der Waals surface area contributed by atoms with Gasteiger partial charge in [0, 0.05) is 12.6 Å². The summed E-state index contributed by atoms with van der Waals surface area (Å²) >= 11 is 0. The summed E-state index contributed by atoms with van der Waals surface area (Å²) in [4.78, 5) is 0. The predicted octanol–water partition coefficient (Wildman–Crippen LogP) is 2.55. The van der Waals surface area contributed by atoms with Crippen LogP contribution in [0.25, 0.3) is 0 Å². The van der Waals surface area contributed by atoms with Gasteiger partial charge in [-0.1, -0.05) is 37.3 Å². The zero-order valence-corrected chi connectivity index (χ0v) is 9.80. The van der Waals surface area contributed by atoms with Crippen molar-refractivity contribution in [1.82, 2.24) is 5.32 Å². The van der Waals surface area contributed by atoms with Crippen LogP contribution < -0.4 is 5.32 Å². The van der Waals surface area contributed by atoms with Crippen LogP contribution in [0.5, 0.6) is 0 Å². The number of hydrogen-bond donors (Lipinski definition) is 1. The van der Waals surface area contributed by atoms with Gasteiger partial charge in [0.25, 0.3) is 0 Å². The summed E-state index contributed by atoms with van der Waals surface area (Å²) in [6.07, 6.45) is 1.34. The molecule has 2 nitrogen and oxygen atoms in total. The smallest absolute Gasteiger partial charge is 0.0978 e. The number of ether oxygens (including phenoxy) is 1. The number of rotatable bonds is 2. The fourth-order valence-electron chi connectivity index (χ4n) is 1.98. The number of benzene rings is 1. The number of halogens is 1. The Bertz CT molecular complexity index is 278. The molecule has 0 bridgehead atoms. The molecule has 0 saturated carbocycles. The molecule has 1 aliphatic heterocycles. The van der Waals surface area contributed by atoms with E-state index in [0.29, 0.717) is 6.04 Å². The Morgan fingerprint density at radius 1 is 1.33 bits per heavy atom. The average Bonchev–Trinajstić information content (AvgIpc) is 2.30. The molecule has 0 amide bonds. The Morgan fingerprint density at radius 2 is 2.07 bits per heavy atom. The third-order valence-corrected chi connectivity index (χ3v) is 2.74.